The summed E-state index contributed by atoms with van der Waals surface area (Å²) in [5.74, 6) is -0.965. The fourth-order valence-electron chi connectivity index (χ4n) is 3.51. The van der Waals surface area contributed by atoms with Gasteiger partial charge in [-0.1, -0.05) is 23.7 Å². The number of amides is 2. The van der Waals surface area contributed by atoms with Crippen molar-refractivity contribution in [2.75, 3.05) is 11.9 Å². The van der Waals surface area contributed by atoms with Gasteiger partial charge in [0.05, 0.1) is 0 Å². The van der Waals surface area contributed by atoms with Crippen LogP contribution in [-0.4, -0.2) is 33.0 Å². The lowest BCUT2D eigenvalue weighted by Crippen LogP contribution is -2.30. The van der Waals surface area contributed by atoms with E-state index in [0.717, 1.165) is 5.56 Å². The topological polar surface area (TPSA) is 67.2 Å². The number of nitrogens with one attached hydrogen (secondary N) is 1. The van der Waals surface area contributed by atoms with Crippen molar-refractivity contribution in [2.45, 2.75) is 26.4 Å². The summed E-state index contributed by atoms with van der Waals surface area (Å²) in [6, 6.07) is 12.9. The summed E-state index contributed by atoms with van der Waals surface area (Å²) in [5, 5.41) is 7.73. The minimum Gasteiger partial charge on any atom is -0.333 e. The Kier molecular flexibility index (Phi) is 5.55. The summed E-state index contributed by atoms with van der Waals surface area (Å²) in [5.41, 5.74) is 2.69. The summed E-state index contributed by atoms with van der Waals surface area (Å²) >= 11 is 5.96. The zero-order valence-corrected chi connectivity index (χ0v) is 17.1. The van der Waals surface area contributed by atoms with Crippen molar-refractivity contribution < 1.29 is 14.0 Å². The van der Waals surface area contributed by atoms with Gasteiger partial charge in [0, 0.05) is 36.4 Å². The smallest absolute Gasteiger partial charge is 0.276 e. The SMILES string of the molecule is Cc1cc(Cl)ccc1NC(=O)c1cc2n(n1)CCCN(Cc1cccc(F)c1)C2=O. The Morgan fingerprint density at radius 2 is 2.03 bits per heavy atom. The van der Waals surface area contributed by atoms with Crippen LogP contribution in [0.2, 0.25) is 5.02 Å². The third-order valence-corrected chi connectivity index (χ3v) is 5.25. The van der Waals surface area contributed by atoms with Crippen LogP contribution in [0.3, 0.4) is 0 Å². The summed E-state index contributed by atoms with van der Waals surface area (Å²) in [7, 11) is 0. The van der Waals surface area contributed by atoms with Crippen molar-refractivity contribution in [3.05, 3.63) is 81.9 Å². The van der Waals surface area contributed by atoms with Gasteiger partial charge in [0.1, 0.15) is 11.5 Å². The number of rotatable bonds is 4. The van der Waals surface area contributed by atoms with Crippen LogP contribution in [0.15, 0.2) is 48.5 Å². The highest BCUT2D eigenvalue weighted by Crippen LogP contribution is 2.21. The number of nitrogens with zero attached hydrogens (tertiary/aromatic N) is 3. The number of hydrogen-bond donors (Lipinski definition) is 1. The van der Waals surface area contributed by atoms with Gasteiger partial charge in [-0.2, -0.15) is 5.10 Å². The molecule has 0 spiro atoms. The van der Waals surface area contributed by atoms with Crippen LogP contribution in [0.4, 0.5) is 10.1 Å². The number of halogens is 2. The van der Waals surface area contributed by atoms with Gasteiger partial charge in [0.25, 0.3) is 11.8 Å². The van der Waals surface area contributed by atoms with Crippen LogP contribution in [0, 0.1) is 12.7 Å². The lowest BCUT2D eigenvalue weighted by molar-refractivity contribution is 0.0745. The zero-order chi connectivity index (χ0) is 21.3. The van der Waals surface area contributed by atoms with E-state index in [1.165, 1.54) is 18.2 Å². The van der Waals surface area contributed by atoms with Gasteiger partial charge in [-0.25, -0.2) is 4.39 Å². The lowest BCUT2D eigenvalue weighted by Gasteiger charge is -2.20. The highest BCUT2D eigenvalue weighted by molar-refractivity contribution is 6.30. The largest absolute Gasteiger partial charge is 0.333 e. The molecule has 30 heavy (non-hydrogen) atoms. The number of aryl methyl sites for hydroxylation is 2. The molecule has 0 fully saturated rings. The third-order valence-electron chi connectivity index (χ3n) is 5.02. The fourth-order valence-corrected chi connectivity index (χ4v) is 3.73. The van der Waals surface area contributed by atoms with Crippen LogP contribution < -0.4 is 5.32 Å². The first kappa shape index (κ1) is 20.1. The molecule has 2 heterocycles. The molecule has 3 aromatic rings. The van der Waals surface area contributed by atoms with Crippen LogP contribution in [0.25, 0.3) is 0 Å². The standard InChI is InChI=1S/C22H20ClFN4O2/c1-14-10-16(23)6-7-18(14)25-21(29)19-12-20-22(30)27(8-3-9-28(20)26-19)13-15-4-2-5-17(24)11-15/h2,4-7,10-12H,3,8-9,13H2,1H3,(H,25,29). The monoisotopic (exact) mass is 426 g/mol. The molecule has 0 radical (unpaired) electrons. The highest BCUT2D eigenvalue weighted by atomic mass is 35.5. The van der Waals surface area contributed by atoms with Crippen molar-refractivity contribution in [1.29, 1.82) is 0 Å². The van der Waals surface area contributed by atoms with Crippen LogP contribution in [-0.2, 0) is 13.1 Å². The molecule has 1 aliphatic rings. The highest BCUT2D eigenvalue weighted by Gasteiger charge is 2.26. The zero-order valence-electron chi connectivity index (χ0n) is 16.4. The van der Waals surface area contributed by atoms with Crippen molar-refractivity contribution in [2.24, 2.45) is 0 Å². The molecule has 6 nitrogen and oxygen atoms in total. The molecule has 0 bridgehead atoms. The normalized spacial score (nSPS) is 13.7. The molecule has 0 unspecified atom stereocenters. The summed E-state index contributed by atoms with van der Waals surface area (Å²) in [6.07, 6.45) is 0.688. The van der Waals surface area contributed by atoms with Crippen LogP contribution in [0.5, 0.6) is 0 Å². The fraction of sp³-hybridized carbons (Fsp3) is 0.227. The molecule has 2 amide bonds. The summed E-state index contributed by atoms with van der Waals surface area (Å²) in [6.45, 7) is 3.20. The molecule has 0 saturated heterocycles. The van der Waals surface area contributed by atoms with Crippen molar-refractivity contribution >= 4 is 29.1 Å². The van der Waals surface area contributed by atoms with Crippen LogP contribution >= 0.6 is 11.6 Å². The number of hydrogen-bond acceptors (Lipinski definition) is 3. The molecule has 1 aromatic heterocycles. The first-order valence-electron chi connectivity index (χ1n) is 9.60. The minimum atomic E-state index is -0.398. The summed E-state index contributed by atoms with van der Waals surface area (Å²) in [4.78, 5) is 27.4. The predicted octanol–water partition coefficient (Wildman–Crippen LogP) is 4.28. The van der Waals surface area contributed by atoms with Gasteiger partial charge in [-0.15, -0.1) is 0 Å². The van der Waals surface area contributed by atoms with E-state index >= 15 is 0 Å². The van der Waals surface area contributed by atoms with E-state index in [-0.39, 0.29) is 17.4 Å². The molecule has 4 rings (SSSR count). The molecule has 0 aliphatic carbocycles. The van der Waals surface area contributed by atoms with E-state index < -0.39 is 5.91 Å². The third kappa shape index (κ3) is 4.21. The van der Waals surface area contributed by atoms with E-state index in [9.17, 15) is 14.0 Å². The quantitative estimate of drug-likeness (QED) is 0.677. The molecule has 2 aromatic carbocycles. The lowest BCUT2D eigenvalue weighted by atomic mass is 10.2. The van der Waals surface area contributed by atoms with Gasteiger partial charge in [0.15, 0.2) is 5.69 Å². The maximum Gasteiger partial charge on any atom is 0.276 e. The number of carbonyl (C=O) groups excluding carboxylic acids is 2. The Bertz CT molecular complexity index is 1130. The van der Waals surface area contributed by atoms with Crippen molar-refractivity contribution in [1.82, 2.24) is 14.7 Å². The number of anilines is 1. The van der Waals surface area contributed by atoms with E-state index in [2.05, 4.69) is 10.4 Å². The van der Waals surface area contributed by atoms with Gasteiger partial charge in [-0.05, 0) is 54.8 Å². The Morgan fingerprint density at radius 1 is 1.20 bits per heavy atom. The second-order valence-corrected chi connectivity index (χ2v) is 7.70. The molecular formula is C22H20ClFN4O2. The molecular weight excluding hydrogens is 407 g/mol. The first-order valence-corrected chi connectivity index (χ1v) is 9.97. The Balaban J connectivity index is 1.54. The maximum atomic E-state index is 13.5. The summed E-state index contributed by atoms with van der Waals surface area (Å²) < 4.78 is 15.1. The second-order valence-electron chi connectivity index (χ2n) is 7.26. The van der Waals surface area contributed by atoms with E-state index in [0.29, 0.717) is 48.0 Å². The predicted molar refractivity (Wildman–Crippen MR) is 112 cm³/mol. The number of fused-ring (bicyclic) bond motifs is 1. The average Bonchev–Trinajstić information content (AvgIpc) is 3.07. The average molecular weight is 427 g/mol. The minimum absolute atomic E-state index is 0.167. The molecule has 8 heteroatoms. The Morgan fingerprint density at radius 3 is 2.80 bits per heavy atom. The Labute approximate surface area is 178 Å². The molecule has 1 aliphatic heterocycles. The van der Waals surface area contributed by atoms with E-state index in [4.69, 9.17) is 11.6 Å². The van der Waals surface area contributed by atoms with Gasteiger partial charge < -0.3 is 10.2 Å². The number of carbonyl (C=O) groups is 2. The maximum absolute atomic E-state index is 13.5. The number of aromatic nitrogens is 2. The van der Waals surface area contributed by atoms with Crippen LogP contribution in [0.1, 0.15) is 38.5 Å². The first-order chi connectivity index (χ1) is 14.4. The molecule has 154 valence electrons. The van der Waals surface area contributed by atoms with Gasteiger partial charge in [-0.3, -0.25) is 14.3 Å². The second kappa shape index (κ2) is 8.28. The van der Waals surface area contributed by atoms with Crippen molar-refractivity contribution in [3.63, 3.8) is 0 Å². The molecule has 1 N–H and O–H groups in total. The van der Waals surface area contributed by atoms with Gasteiger partial charge in [0.2, 0.25) is 0 Å². The number of benzene rings is 2. The van der Waals surface area contributed by atoms with Gasteiger partial charge >= 0.3 is 0 Å². The van der Waals surface area contributed by atoms with E-state index in [1.807, 2.05) is 6.92 Å². The Hall–Kier alpha value is -3.19. The van der Waals surface area contributed by atoms with Crippen molar-refractivity contribution in [3.8, 4) is 0 Å². The molecule has 0 saturated carbocycles. The van der Waals surface area contributed by atoms with E-state index in [1.54, 1.807) is 39.9 Å². The molecule has 0 atom stereocenters.